The molecule has 102 valence electrons. The van der Waals surface area contributed by atoms with Crippen LogP contribution < -0.4 is 0 Å². The maximum atomic E-state index is 12.2. The third-order valence-corrected chi connectivity index (χ3v) is 4.28. The molecule has 0 saturated carbocycles. The molecule has 6 heteroatoms. The van der Waals surface area contributed by atoms with E-state index in [1.807, 2.05) is 6.26 Å². The normalized spacial score (nSPS) is 15.9. The highest BCUT2D eigenvalue weighted by molar-refractivity contribution is 8.13. The number of carbonyl (C=O) groups is 1. The molecule has 19 heavy (non-hydrogen) atoms. The van der Waals surface area contributed by atoms with Gasteiger partial charge in [0.2, 0.25) is 0 Å². The molecule has 0 aliphatic carbocycles. The van der Waals surface area contributed by atoms with Gasteiger partial charge in [-0.3, -0.25) is 4.79 Å². The van der Waals surface area contributed by atoms with Gasteiger partial charge in [0, 0.05) is 13.1 Å². The van der Waals surface area contributed by atoms with Crippen LogP contribution in [0.15, 0.2) is 23.2 Å². The summed E-state index contributed by atoms with van der Waals surface area (Å²) in [6, 6.07) is 5.00. The van der Waals surface area contributed by atoms with Crippen molar-refractivity contribution < 1.29 is 4.79 Å². The summed E-state index contributed by atoms with van der Waals surface area (Å²) in [4.78, 5) is 18.5. The number of halogens is 2. The Kier molecular flexibility index (Phi) is 5.13. The third-order valence-electron chi connectivity index (χ3n) is 2.93. The second-order valence-corrected chi connectivity index (χ2v) is 5.78. The van der Waals surface area contributed by atoms with Gasteiger partial charge < -0.3 is 4.90 Å². The van der Waals surface area contributed by atoms with Crippen LogP contribution in [-0.4, -0.2) is 35.3 Å². The van der Waals surface area contributed by atoms with Gasteiger partial charge in [-0.15, -0.1) is 0 Å². The van der Waals surface area contributed by atoms with E-state index < -0.39 is 0 Å². The van der Waals surface area contributed by atoms with E-state index in [-0.39, 0.29) is 11.5 Å². The molecule has 1 aliphatic rings. The Morgan fingerprint density at radius 3 is 2.37 bits per heavy atom. The molecule has 1 aromatic carbocycles. The monoisotopic (exact) mass is 316 g/mol. The molecule has 1 aromatic rings. The van der Waals surface area contributed by atoms with Crippen LogP contribution in [0.25, 0.3) is 0 Å². The van der Waals surface area contributed by atoms with E-state index in [0.29, 0.717) is 10.0 Å². The van der Waals surface area contributed by atoms with Crippen molar-refractivity contribution in [2.45, 2.75) is 12.8 Å². The second kappa shape index (κ2) is 6.64. The largest absolute Gasteiger partial charge is 0.351 e. The van der Waals surface area contributed by atoms with Gasteiger partial charge in [0.25, 0.3) is 5.91 Å². The Bertz CT molecular complexity index is 493. The molecule has 1 fully saturated rings. The highest BCUT2D eigenvalue weighted by Gasteiger charge is 2.19. The zero-order valence-electron chi connectivity index (χ0n) is 10.5. The molecule has 0 spiro atoms. The number of amidine groups is 1. The molecule has 1 aliphatic heterocycles. The lowest BCUT2D eigenvalue weighted by atomic mass is 10.2. The number of rotatable bonds is 1. The SMILES string of the molecule is CSC(=NC(=O)c1c(Cl)cccc1Cl)N1CCCC1. The zero-order chi connectivity index (χ0) is 13.8. The van der Waals surface area contributed by atoms with Crippen molar-refractivity contribution in [1.82, 2.24) is 4.90 Å². The van der Waals surface area contributed by atoms with Gasteiger partial charge in [-0.2, -0.15) is 4.99 Å². The highest BCUT2D eigenvalue weighted by atomic mass is 35.5. The van der Waals surface area contributed by atoms with Crippen LogP contribution in [0.3, 0.4) is 0 Å². The lowest BCUT2D eigenvalue weighted by Crippen LogP contribution is -2.26. The van der Waals surface area contributed by atoms with Gasteiger partial charge in [0.1, 0.15) is 0 Å². The van der Waals surface area contributed by atoms with E-state index >= 15 is 0 Å². The van der Waals surface area contributed by atoms with Gasteiger partial charge in [0.05, 0.1) is 15.6 Å². The molecule has 1 saturated heterocycles. The number of hydrogen-bond donors (Lipinski definition) is 0. The Morgan fingerprint density at radius 2 is 1.84 bits per heavy atom. The zero-order valence-corrected chi connectivity index (χ0v) is 12.9. The molecule has 2 rings (SSSR count). The van der Waals surface area contributed by atoms with Crippen LogP contribution in [0.2, 0.25) is 10.0 Å². The van der Waals surface area contributed by atoms with Gasteiger partial charge >= 0.3 is 0 Å². The minimum atomic E-state index is -0.383. The number of nitrogens with zero attached hydrogens (tertiary/aromatic N) is 2. The van der Waals surface area contributed by atoms with Crippen molar-refractivity contribution in [3.63, 3.8) is 0 Å². The first-order chi connectivity index (χ1) is 9.13. The third kappa shape index (κ3) is 3.44. The van der Waals surface area contributed by atoms with E-state index in [1.54, 1.807) is 18.2 Å². The predicted molar refractivity (Wildman–Crippen MR) is 82.5 cm³/mol. The van der Waals surface area contributed by atoms with Crippen LogP contribution in [0.4, 0.5) is 0 Å². The van der Waals surface area contributed by atoms with E-state index in [2.05, 4.69) is 9.89 Å². The fourth-order valence-electron chi connectivity index (χ4n) is 2.00. The quantitative estimate of drug-likeness (QED) is 0.581. The summed E-state index contributed by atoms with van der Waals surface area (Å²) in [5.41, 5.74) is 0.275. The van der Waals surface area contributed by atoms with Crippen LogP contribution in [0.1, 0.15) is 23.2 Å². The molecule has 1 amide bonds. The van der Waals surface area contributed by atoms with Crippen LogP contribution >= 0.6 is 35.0 Å². The standard InChI is InChI=1S/C13H14Cl2N2OS/c1-19-13(17-7-2-3-8-17)16-12(18)11-9(14)5-4-6-10(11)15/h4-6H,2-3,7-8H2,1H3. The van der Waals surface area contributed by atoms with E-state index in [0.717, 1.165) is 31.1 Å². The van der Waals surface area contributed by atoms with Gasteiger partial charge in [-0.25, -0.2) is 0 Å². The summed E-state index contributed by atoms with van der Waals surface area (Å²) in [6.45, 7) is 1.90. The van der Waals surface area contributed by atoms with E-state index in [4.69, 9.17) is 23.2 Å². The highest BCUT2D eigenvalue weighted by Crippen LogP contribution is 2.25. The minimum absolute atomic E-state index is 0.275. The first kappa shape index (κ1) is 14.7. The number of benzene rings is 1. The minimum Gasteiger partial charge on any atom is -0.351 e. The van der Waals surface area contributed by atoms with E-state index in [1.165, 1.54) is 11.8 Å². The lowest BCUT2D eigenvalue weighted by Gasteiger charge is -2.17. The molecule has 0 N–H and O–H groups in total. The van der Waals surface area contributed by atoms with Crippen molar-refractivity contribution in [2.75, 3.05) is 19.3 Å². The molecule has 3 nitrogen and oxygen atoms in total. The maximum absolute atomic E-state index is 12.2. The predicted octanol–water partition coefficient (Wildman–Crippen LogP) is 3.95. The number of likely N-dealkylation sites (tertiary alicyclic amines) is 1. The van der Waals surface area contributed by atoms with Gasteiger partial charge in [0.15, 0.2) is 5.17 Å². The molecule has 0 unspecified atom stereocenters. The van der Waals surface area contributed by atoms with Crippen LogP contribution in [0, 0.1) is 0 Å². The molecular formula is C13H14Cl2N2OS. The molecule has 0 atom stereocenters. The van der Waals surface area contributed by atoms with E-state index in [9.17, 15) is 4.79 Å². The average molecular weight is 317 g/mol. The van der Waals surface area contributed by atoms with Crippen molar-refractivity contribution >= 4 is 46.0 Å². The number of carbonyl (C=O) groups excluding carboxylic acids is 1. The Labute approximate surface area is 127 Å². The Morgan fingerprint density at radius 1 is 1.26 bits per heavy atom. The fourth-order valence-corrected chi connectivity index (χ4v) is 3.17. The number of thioether (sulfide) groups is 1. The first-order valence-electron chi connectivity index (χ1n) is 5.99. The van der Waals surface area contributed by atoms with Crippen molar-refractivity contribution in [3.05, 3.63) is 33.8 Å². The second-order valence-electron chi connectivity index (χ2n) is 4.19. The number of amides is 1. The average Bonchev–Trinajstić information content (AvgIpc) is 2.89. The summed E-state index contributed by atoms with van der Waals surface area (Å²) in [6.07, 6.45) is 4.19. The van der Waals surface area contributed by atoms with Crippen molar-refractivity contribution in [3.8, 4) is 0 Å². The molecule has 0 radical (unpaired) electrons. The summed E-state index contributed by atoms with van der Waals surface area (Å²) < 4.78 is 0. The molecule has 1 heterocycles. The summed E-state index contributed by atoms with van der Waals surface area (Å²) in [7, 11) is 0. The fraction of sp³-hybridized carbons (Fsp3) is 0.385. The Hall–Kier alpha value is -0.710. The lowest BCUT2D eigenvalue weighted by molar-refractivity contribution is 0.100. The molecular weight excluding hydrogens is 303 g/mol. The topological polar surface area (TPSA) is 32.7 Å². The van der Waals surface area contributed by atoms with Gasteiger partial charge in [-0.1, -0.05) is 41.0 Å². The molecule has 0 bridgehead atoms. The number of aliphatic imine (C=N–C) groups is 1. The van der Waals surface area contributed by atoms with Crippen LogP contribution in [0.5, 0.6) is 0 Å². The molecule has 0 aromatic heterocycles. The van der Waals surface area contributed by atoms with Crippen molar-refractivity contribution in [1.29, 1.82) is 0 Å². The summed E-state index contributed by atoms with van der Waals surface area (Å²) in [5.74, 6) is -0.383. The summed E-state index contributed by atoms with van der Waals surface area (Å²) >= 11 is 13.5. The maximum Gasteiger partial charge on any atom is 0.282 e. The number of hydrogen-bond acceptors (Lipinski definition) is 2. The van der Waals surface area contributed by atoms with Gasteiger partial charge in [-0.05, 0) is 31.2 Å². The van der Waals surface area contributed by atoms with Crippen molar-refractivity contribution in [2.24, 2.45) is 4.99 Å². The smallest absolute Gasteiger partial charge is 0.282 e. The Balaban J connectivity index is 2.27. The summed E-state index contributed by atoms with van der Waals surface area (Å²) in [5, 5.41) is 1.41. The first-order valence-corrected chi connectivity index (χ1v) is 7.97. The van der Waals surface area contributed by atoms with Crippen LogP contribution in [-0.2, 0) is 0 Å².